The zero-order chi connectivity index (χ0) is 17.1. The molecule has 0 aromatic heterocycles. The van der Waals surface area contributed by atoms with E-state index in [0.717, 1.165) is 11.3 Å². The van der Waals surface area contributed by atoms with E-state index in [1.54, 1.807) is 25.1 Å². The van der Waals surface area contributed by atoms with Crippen LogP contribution in [0.25, 0.3) is 0 Å². The van der Waals surface area contributed by atoms with Crippen LogP contribution in [-0.4, -0.2) is 18.7 Å². The second kappa shape index (κ2) is 7.20. The molecule has 2 N–H and O–H groups in total. The lowest BCUT2D eigenvalue weighted by molar-refractivity contribution is -0.121. The largest absolute Gasteiger partial charge is 0.454 e. The molecule has 1 heterocycles. The number of benzene rings is 2. The first-order valence-corrected chi connectivity index (χ1v) is 8.16. The van der Waals surface area contributed by atoms with Crippen LogP contribution in [0.3, 0.4) is 0 Å². The molecule has 0 saturated carbocycles. The van der Waals surface area contributed by atoms with E-state index in [0.29, 0.717) is 28.0 Å². The SMILES string of the molecule is CC(Nc1ccc(Cl)cc1Cl)C(=O)NCc1ccc2c(c1)OCO2. The molecule has 5 nitrogen and oxygen atoms in total. The molecule has 0 saturated heterocycles. The minimum absolute atomic E-state index is 0.140. The predicted octanol–water partition coefficient (Wildman–Crippen LogP) is 3.84. The van der Waals surface area contributed by atoms with Crippen LogP contribution < -0.4 is 20.1 Å². The Balaban J connectivity index is 1.56. The van der Waals surface area contributed by atoms with Crippen molar-refractivity contribution in [2.75, 3.05) is 12.1 Å². The van der Waals surface area contributed by atoms with E-state index in [1.165, 1.54) is 0 Å². The number of hydrogen-bond acceptors (Lipinski definition) is 4. The van der Waals surface area contributed by atoms with Crippen molar-refractivity contribution in [3.8, 4) is 11.5 Å². The minimum atomic E-state index is -0.447. The van der Waals surface area contributed by atoms with Crippen molar-refractivity contribution in [1.82, 2.24) is 5.32 Å². The molecule has 24 heavy (non-hydrogen) atoms. The maximum atomic E-state index is 12.2. The molecule has 2 aromatic carbocycles. The third-order valence-electron chi connectivity index (χ3n) is 3.60. The maximum absolute atomic E-state index is 12.2. The smallest absolute Gasteiger partial charge is 0.242 e. The topological polar surface area (TPSA) is 59.6 Å². The second-order valence-electron chi connectivity index (χ2n) is 5.40. The van der Waals surface area contributed by atoms with Gasteiger partial charge in [-0.05, 0) is 42.8 Å². The van der Waals surface area contributed by atoms with Crippen LogP contribution in [0.5, 0.6) is 11.5 Å². The molecular formula is C17H16Cl2N2O3. The van der Waals surface area contributed by atoms with Crippen molar-refractivity contribution >= 4 is 34.8 Å². The summed E-state index contributed by atoms with van der Waals surface area (Å²) < 4.78 is 10.6. The van der Waals surface area contributed by atoms with E-state index in [4.69, 9.17) is 32.7 Å². The Kier molecular flexibility index (Phi) is 5.02. The third-order valence-corrected chi connectivity index (χ3v) is 4.15. The first kappa shape index (κ1) is 16.7. The van der Waals surface area contributed by atoms with Gasteiger partial charge in [-0.15, -0.1) is 0 Å². The van der Waals surface area contributed by atoms with Crippen LogP contribution in [0, 0.1) is 0 Å². The Morgan fingerprint density at radius 2 is 1.96 bits per heavy atom. The Hall–Kier alpha value is -2.11. The molecule has 0 radical (unpaired) electrons. The monoisotopic (exact) mass is 366 g/mol. The van der Waals surface area contributed by atoms with Crippen LogP contribution in [0.2, 0.25) is 10.0 Å². The predicted molar refractivity (Wildman–Crippen MR) is 94.0 cm³/mol. The summed E-state index contributed by atoms with van der Waals surface area (Å²) in [7, 11) is 0. The van der Waals surface area contributed by atoms with E-state index < -0.39 is 6.04 Å². The van der Waals surface area contributed by atoms with E-state index in [-0.39, 0.29) is 12.7 Å². The lowest BCUT2D eigenvalue weighted by Gasteiger charge is -2.16. The van der Waals surface area contributed by atoms with Gasteiger partial charge in [-0.1, -0.05) is 29.3 Å². The van der Waals surface area contributed by atoms with Gasteiger partial charge in [0, 0.05) is 11.6 Å². The number of fused-ring (bicyclic) bond motifs is 1. The summed E-state index contributed by atoms with van der Waals surface area (Å²) in [6, 6.07) is 10.2. The summed E-state index contributed by atoms with van der Waals surface area (Å²) in [5.41, 5.74) is 1.59. The molecule has 0 bridgehead atoms. The fourth-order valence-corrected chi connectivity index (χ4v) is 2.76. The highest BCUT2D eigenvalue weighted by atomic mass is 35.5. The zero-order valence-corrected chi connectivity index (χ0v) is 14.4. The molecule has 0 fully saturated rings. The highest BCUT2D eigenvalue weighted by molar-refractivity contribution is 6.36. The number of hydrogen-bond donors (Lipinski definition) is 2. The molecule has 126 valence electrons. The molecule has 1 amide bonds. The van der Waals surface area contributed by atoms with Gasteiger partial charge in [0.1, 0.15) is 6.04 Å². The Morgan fingerprint density at radius 3 is 2.75 bits per heavy atom. The standard InChI is InChI=1S/C17H16Cl2N2O3/c1-10(21-14-4-3-12(18)7-13(14)19)17(22)20-8-11-2-5-15-16(6-11)24-9-23-15/h2-7,10,21H,8-9H2,1H3,(H,20,22). The molecule has 0 spiro atoms. The molecule has 2 aromatic rings. The number of carbonyl (C=O) groups is 1. The lowest BCUT2D eigenvalue weighted by atomic mass is 10.2. The molecule has 1 aliphatic heterocycles. The van der Waals surface area contributed by atoms with E-state index >= 15 is 0 Å². The Labute approximate surface area is 149 Å². The van der Waals surface area contributed by atoms with Gasteiger partial charge in [0.15, 0.2) is 11.5 Å². The first-order chi connectivity index (χ1) is 11.5. The summed E-state index contributed by atoms with van der Waals surface area (Å²) >= 11 is 12.0. The quantitative estimate of drug-likeness (QED) is 0.843. The van der Waals surface area contributed by atoms with Gasteiger partial charge in [0.2, 0.25) is 12.7 Å². The summed E-state index contributed by atoms with van der Waals surface area (Å²) in [6.07, 6.45) is 0. The summed E-state index contributed by atoms with van der Waals surface area (Å²) in [5.74, 6) is 1.28. The first-order valence-electron chi connectivity index (χ1n) is 7.41. The minimum Gasteiger partial charge on any atom is -0.454 e. The van der Waals surface area contributed by atoms with E-state index in [1.807, 2.05) is 18.2 Å². The van der Waals surface area contributed by atoms with Crippen molar-refractivity contribution < 1.29 is 14.3 Å². The maximum Gasteiger partial charge on any atom is 0.242 e. The van der Waals surface area contributed by atoms with Crippen LogP contribution in [0.1, 0.15) is 12.5 Å². The molecular weight excluding hydrogens is 351 g/mol. The van der Waals surface area contributed by atoms with Crippen LogP contribution in [0.4, 0.5) is 5.69 Å². The number of anilines is 1. The number of halogens is 2. The number of nitrogens with one attached hydrogen (secondary N) is 2. The third kappa shape index (κ3) is 3.86. The van der Waals surface area contributed by atoms with Gasteiger partial charge in [0.05, 0.1) is 10.7 Å². The average Bonchev–Trinajstić information content (AvgIpc) is 3.02. The Bertz CT molecular complexity index is 767. The van der Waals surface area contributed by atoms with Gasteiger partial charge in [-0.25, -0.2) is 0 Å². The molecule has 3 rings (SSSR count). The van der Waals surface area contributed by atoms with Gasteiger partial charge >= 0.3 is 0 Å². The Morgan fingerprint density at radius 1 is 1.17 bits per heavy atom. The number of rotatable bonds is 5. The lowest BCUT2D eigenvalue weighted by Crippen LogP contribution is -2.37. The van der Waals surface area contributed by atoms with Crippen molar-refractivity contribution in [1.29, 1.82) is 0 Å². The zero-order valence-electron chi connectivity index (χ0n) is 12.9. The van der Waals surface area contributed by atoms with Crippen molar-refractivity contribution in [3.63, 3.8) is 0 Å². The summed E-state index contributed by atoms with van der Waals surface area (Å²) in [5, 5.41) is 6.96. The summed E-state index contributed by atoms with van der Waals surface area (Å²) in [6.45, 7) is 2.39. The average molecular weight is 367 g/mol. The molecule has 1 aliphatic rings. The van der Waals surface area contributed by atoms with Crippen LogP contribution >= 0.6 is 23.2 Å². The highest BCUT2D eigenvalue weighted by Crippen LogP contribution is 2.32. The summed E-state index contributed by atoms with van der Waals surface area (Å²) in [4.78, 5) is 12.2. The van der Waals surface area contributed by atoms with Crippen molar-refractivity contribution in [2.45, 2.75) is 19.5 Å². The molecule has 7 heteroatoms. The number of amides is 1. The molecule has 0 aliphatic carbocycles. The molecule has 1 atom stereocenters. The van der Waals surface area contributed by atoms with Gasteiger partial charge in [-0.2, -0.15) is 0 Å². The van der Waals surface area contributed by atoms with Gasteiger partial charge in [0.25, 0.3) is 0 Å². The van der Waals surface area contributed by atoms with Crippen LogP contribution in [0.15, 0.2) is 36.4 Å². The van der Waals surface area contributed by atoms with Crippen molar-refractivity contribution in [3.05, 3.63) is 52.0 Å². The van der Waals surface area contributed by atoms with Crippen molar-refractivity contribution in [2.24, 2.45) is 0 Å². The normalized spacial score (nSPS) is 13.5. The van der Waals surface area contributed by atoms with Crippen LogP contribution in [-0.2, 0) is 11.3 Å². The highest BCUT2D eigenvalue weighted by Gasteiger charge is 2.16. The molecule has 1 unspecified atom stereocenters. The van der Waals surface area contributed by atoms with E-state index in [9.17, 15) is 4.79 Å². The van der Waals surface area contributed by atoms with E-state index in [2.05, 4.69) is 10.6 Å². The number of carbonyl (C=O) groups excluding carboxylic acids is 1. The van der Waals surface area contributed by atoms with Gasteiger partial charge < -0.3 is 20.1 Å². The second-order valence-corrected chi connectivity index (χ2v) is 6.24. The van der Waals surface area contributed by atoms with Gasteiger partial charge in [-0.3, -0.25) is 4.79 Å². The number of ether oxygens (including phenoxy) is 2. The fourth-order valence-electron chi connectivity index (χ4n) is 2.30. The fraction of sp³-hybridized carbons (Fsp3) is 0.235.